The summed E-state index contributed by atoms with van der Waals surface area (Å²) >= 11 is 0. The maximum absolute atomic E-state index is 14.3. The second-order valence-electron chi connectivity index (χ2n) is 6.93. The van der Waals surface area contributed by atoms with Crippen LogP contribution >= 0.6 is 0 Å². The van der Waals surface area contributed by atoms with Crippen molar-refractivity contribution in [3.05, 3.63) is 66.4 Å². The van der Waals surface area contributed by atoms with E-state index in [0.717, 1.165) is 0 Å². The fourth-order valence-corrected chi connectivity index (χ4v) is 2.80. The van der Waals surface area contributed by atoms with Crippen molar-refractivity contribution < 1.29 is 18.7 Å². The van der Waals surface area contributed by atoms with Crippen molar-refractivity contribution in [2.75, 3.05) is 6.54 Å². The Morgan fingerprint density at radius 2 is 1.83 bits per heavy atom. The van der Waals surface area contributed by atoms with Gasteiger partial charge in [0.2, 0.25) is 0 Å². The van der Waals surface area contributed by atoms with Crippen LogP contribution in [0.2, 0.25) is 0 Å². The van der Waals surface area contributed by atoms with E-state index < -0.39 is 17.6 Å². The third-order valence-electron chi connectivity index (χ3n) is 4.24. The molecule has 1 N–H and O–H groups in total. The van der Waals surface area contributed by atoms with Crippen molar-refractivity contribution in [2.45, 2.75) is 26.9 Å². The lowest BCUT2D eigenvalue weighted by molar-refractivity contribution is -0.151. The number of nitrogens with zero attached hydrogens (tertiary/aromatic N) is 3. The number of halogens is 1. The molecular weight excluding hydrogens is 375 g/mol. The lowest BCUT2D eigenvalue weighted by atomic mass is 10.2. The molecular formula is C21H23FN4O3. The van der Waals surface area contributed by atoms with Gasteiger partial charge in [-0.25, -0.2) is 9.07 Å². The third kappa shape index (κ3) is 4.53. The average molecular weight is 398 g/mol. The molecule has 152 valence electrons. The molecule has 3 rings (SSSR count). The van der Waals surface area contributed by atoms with E-state index in [4.69, 9.17) is 4.74 Å². The zero-order valence-corrected chi connectivity index (χ0v) is 16.5. The summed E-state index contributed by atoms with van der Waals surface area (Å²) in [6, 6.07) is 9.79. The molecule has 0 aliphatic rings. The number of hydrogen-bond donors (Lipinski definition) is 1. The number of ether oxygens (including phenoxy) is 1. The number of hydrogen-bond acceptors (Lipinski definition) is 4. The Kier molecular flexibility index (Phi) is 6.11. The van der Waals surface area contributed by atoms with Crippen molar-refractivity contribution in [1.29, 1.82) is 0 Å². The van der Waals surface area contributed by atoms with Crippen LogP contribution in [-0.4, -0.2) is 38.9 Å². The molecule has 0 aliphatic carbocycles. The van der Waals surface area contributed by atoms with Gasteiger partial charge in [-0.05, 0) is 38.1 Å². The minimum Gasteiger partial charge on any atom is -0.463 e. The van der Waals surface area contributed by atoms with Crippen LogP contribution < -0.4 is 5.32 Å². The van der Waals surface area contributed by atoms with Crippen molar-refractivity contribution in [2.24, 2.45) is 5.92 Å². The van der Waals surface area contributed by atoms with Crippen molar-refractivity contribution in [1.82, 2.24) is 19.7 Å². The maximum Gasteiger partial charge on any atom is 0.310 e. The zero-order valence-electron chi connectivity index (χ0n) is 16.5. The standard InChI is InChI=1S/C21H23FN4O3/c1-14(2)29-21(28)15(3)12-23-19(27)16-13-24-26(18-9-5-4-8-17(18)22)20(16)25-10-6-7-11-25/h4-11,13-15H,12H2,1-3H3,(H,23,27)/t15-/m1/s1. The maximum atomic E-state index is 14.3. The highest BCUT2D eigenvalue weighted by atomic mass is 19.1. The molecule has 29 heavy (non-hydrogen) atoms. The molecule has 0 radical (unpaired) electrons. The third-order valence-corrected chi connectivity index (χ3v) is 4.24. The fourth-order valence-electron chi connectivity index (χ4n) is 2.80. The number of nitrogens with one attached hydrogen (secondary N) is 1. The van der Waals surface area contributed by atoms with Gasteiger partial charge in [-0.3, -0.25) is 9.59 Å². The van der Waals surface area contributed by atoms with Crippen molar-refractivity contribution in [3.8, 4) is 11.5 Å². The first-order chi connectivity index (χ1) is 13.9. The second-order valence-corrected chi connectivity index (χ2v) is 6.93. The van der Waals surface area contributed by atoms with Crippen LogP contribution in [0.4, 0.5) is 4.39 Å². The smallest absolute Gasteiger partial charge is 0.310 e. The molecule has 7 nitrogen and oxygen atoms in total. The molecule has 0 saturated heterocycles. The topological polar surface area (TPSA) is 78.2 Å². The monoisotopic (exact) mass is 398 g/mol. The van der Waals surface area contributed by atoms with Gasteiger partial charge in [-0.15, -0.1) is 0 Å². The number of amides is 1. The lowest BCUT2D eigenvalue weighted by Crippen LogP contribution is -2.33. The van der Waals surface area contributed by atoms with E-state index in [1.165, 1.54) is 16.9 Å². The minimum atomic E-state index is -0.502. The number of para-hydroxylation sites is 1. The Bertz CT molecular complexity index is 995. The number of carbonyl (C=O) groups is 2. The van der Waals surface area contributed by atoms with E-state index in [1.54, 1.807) is 68.1 Å². The van der Waals surface area contributed by atoms with Crippen LogP contribution in [0.1, 0.15) is 31.1 Å². The highest BCUT2D eigenvalue weighted by Crippen LogP contribution is 2.21. The van der Waals surface area contributed by atoms with Gasteiger partial charge in [0.25, 0.3) is 5.91 Å². The van der Waals surface area contributed by atoms with Crippen molar-refractivity contribution >= 4 is 11.9 Å². The summed E-state index contributed by atoms with van der Waals surface area (Å²) < 4.78 is 22.5. The first kappa shape index (κ1) is 20.3. The van der Waals surface area contributed by atoms with Crippen molar-refractivity contribution in [3.63, 3.8) is 0 Å². The first-order valence-corrected chi connectivity index (χ1v) is 9.33. The number of rotatable bonds is 7. The molecule has 8 heteroatoms. The first-order valence-electron chi connectivity index (χ1n) is 9.33. The van der Waals surface area contributed by atoms with E-state index in [0.29, 0.717) is 5.82 Å². The van der Waals surface area contributed by atoms with Gasteiger partial charge >= 0.3 is 5.97 Å². The normalized spacial score (nSPS) is 12.0. The molecule has 1 aromatic carbocycles. The summed E-state index contributed by atoms with van der Waals surface area (Å²) in [5.74, 6) is -1.36. The van der Waals surface area contributed by atoms with Crippen LogP contribution in [0.15, 0.2) is 55.0 Å². The van der Waals surface area contributed by atoms with Crippen LogP contribution in [0, 0.1) is 11.7 Å². The highest BCUT2D eigenvalue weighted by molar-refractivity contribution is 5.97. The largest absolute Gasteiger partial charge is 0.463 e. The lowest BCUT2D eigenvalue weighted by Gasteiger charge is -2.15. The quantitative estimate of drug-likeness (QED) is 0.621. The SMILES string of the molecule is CC(C)OC(=O)[C@H](C)CNC(=O)c1cnn(-c2ccccc2F)c1-n1cccc1. The van der Waals surface area contributed by atoms with Gasteiger partial charge in [0.1, 0.15) is 17.1 Å². The summed E-state index contributed by atoms with van der Waals surface area (Å²) in [7, 11) is 0. The molecule has 3 aromatic rings. The molecule has 1 atom stereocenters. The Hall–Kier alpha value is -3.42. The second kappa shape index (κ2) is 8.72. The van der Waals surface area contributed by atoms with Crippen LogP contribution in [0.25, 0.3) is 11.5 Å². The molecule has 0 unspecified atom stereocenters. The molecule has 0 saturated carbocycles. The summed E-state index contributed by atoms with van der Waals surface area (Å²) in [6.45, 7) is 5.33. The van der Waals surface area contributed by atoms with Gasteiger partial charge in [0.05, 0.1) is 18.2 Å². The van der Waals surface area contributed by atoms with E-state index in [9.17, 15) is 14.0 Å². The highest BCUT2D eigenvalue weighted by Gasteiger charge is 2.23. The summed E-state index contributed by atoms with van der Waals surface area (Å²) in [4.78, 5) is 24.8. The molecule has 0 fully saturated rings. The Labute approximate surface area is 168 Å². The number of carbonyl (C=O) groups excluding carboxylic acids is 2. The minimum absolute atomic E-state index is 0.111. The number of benzene rings is 1. The predicted octanol–water partition coefficient (Wildman–Crippen LogP) is 3.12. The van der Waals surface area contributed by atoms with Crippen LogP contribution in [0.3, 0.4) is 0 Å². The van der Waals surface area contributed by atoms with Gasteiger partial charge < -0.3 is 14.6 Å². The molecule has 0 bridgehead atoms. The average Bonchev–Trinajstić information content (AvgIpc) is 3.34. The summed E-state index contributed by atoms with van der Waals surface area (Å²) in [6.07, 6.45) is 4.65. The molecule has 2 aromatic heterocycles. The Balaban J connectivity index is 1.87. The van der Waals surface area contributed by atoms with Gasteiger partial charge in [0, 0.05) is 18.9 Å². The number of esters is 1. The predicted molar refractivity (Wildman–Crippen MR) is 106 cm³/mol. The zero-order chi connectivity index (χ0) is 21.0. The summed E-state index contributed by atoms with van der Waals surface area (Å²) in [5, 5.41) is 6.96. The van der Waals surface area contributed by atoms with Crippen LogP contribution in [0.5, 0.6) is 0 Å². The molecule has 0 aliphatic heterocycles. The van der Waals surface area contributed by atoms with Gasteiger partial charge in [0.15, 0.2) is 5.82 Å². The molecule has 1 amide bonds. The fraction of sp³-hybridized carbons (Fsp3) is 0.286. The van der Waals surface area contributed by atoms with E-state index >= 15 is 0 Å². The number of aromatic nitrogens is 3. The van der Waals surface area contributed by atoms with Gasteiger partial charge in [-0.2, -0.15) is 5.10 Å². The van der Waals surface area contributed by atoms with E-state index in [1.807, 2.05) is 0 Å². The van der Waals surface area contributed by atoms with E-state index in [2.05, 4.69) is 10.4 Å². The molecule has 0 spiro atoms. The van der Waals surface area contributed by atoms with E-state index in [-0.39, 0.29) is 29.9 Å². The Morgan fingerprint density at radius 3 is 2.48 bits per heavy atom. The summed E-state index contributed by atoms with van der Waals surface area (Å²) in [5.41, 5.74) is 0.484. The van der Waals surface area contributed by atoms with Crippen LogP contribution in [-0.2, 0) is 9.53 Å². The molecule has 2 heterocycles. The Morgan fingerprint density at radius 1 is 1.14 bits per heavy atom. The van der Waals surface area contributed by atoms with Gasteiger partial charge in [-0.1, -0.05) is 19.1 Å².